The van der Waals surface area contributed by atoms with Crippen molar-refractivity contribution >= 4 is 23.3 Å². The number of benzene rings is 1. The van der Waals surface area contributed by atoms with E-state index in [1.807, 2.05) is 0 Å². The van der Waals surface area contributed by atoms with Crippen molar-refractivity contribution in [2.45, 2.75) is 37.9 Å². The molecule has 2 amide bonds. The Morgan fingerprint density at radius 2 is 1.88 bits per heavy atom. The van der Waals surface area contributed by atoms with Gasteiger partial charge in [-0.25, -0.2) is 4.39 Å². The SMILES string of the molecule is C[C@@H](NC(=O)C(=O)c1cc(C2CC2)n(C)c1C(=O)Nc1ccc(F)c(C#N)c1)C(F)(F)F. The first-order chi connectivity index (χ1) is 14.9. The molecule has 1 aromatic carbocycles. The number of anilines is 1. The number of carbonyl (C=O) groups is 3. The zero-order valence-electron chi connectivity index (χ0n) is 17.0. The number of nitrogens with one attached hydrogen (secondary N) is 2. The Bertz CT molecular complexity index is 1140. The van der Waals surface area contributed by atoms with Crippen LogP contribution in [0.4, 0.5) is 23.2 Å². The molecule has 0 saturated heterocycles. The van der Waals surface area contributed by atoms with Crippen molar-refractivity contribution in [3.8, 4) is 6.07 Å². The van der Waals surface area contributed by atoms with Gasteiger partial charge >= 0.3 is 6.18 Å². The number of hydrogen-bond acceptors (Lipinski definition) is 4. The summed E-state index contributed by atoms with van der Waals surface area (Å²) in [6.45, 7) is 0.695. The molecule has 1 aromatic heterocycles. The monoisotopic (exact) mass is 450 g/mol. The van der Waals surface area contributed by atoms with Gasteiger partial charge in [0.2, 0.25) is 0 Å². The largest absolute Gasteiger partial charge is 0.408 e. The molecule has 1 aliphatic carbocycles. The average Bonchev–Trinajstić information content (AvgIpc) is 3.50. The van der Waals surface area contributed by atoms with Crippen molar-refractivity contribution < 1.29 is 31.9 Å². The number of amides is 2. The minimum absolute atomic E-state index is 0.0567. The second kappa shape index (κ2) is 8.45. The summed E-state index contributed by atoms with van der Waals surface area (Å²) >= 11 is 0. The number of nitrogens with zero attached hydrogens (tertiary/aromatic N) is 2. The minimum atomic E-state index is -4.74. The number of rotatable bonds is 6. The molecule has 0 unspecified atom stereocenters. The van der Waals surface area contributed by atoms with Gasteiger partial charge in [0.05, 0.1) is 11.1 Å². The lowest BCUT2D eigenvalue weighted by molar-refractivity contribution is -0.156. The molecule has 32 heavy (non-hydrogen) atoms. The Hall–Kier alpha value is -3.68. The average molecular weight is 450 g/mol. The van der Waals surface area contributed by atoms with Crippen molar-refractivity contribution in [3.63, 3.8) is 0 Å². The molecular weight excluding hydrogens is 432 g/mol. The van der Waals surface area contributed by atoms with E-state index in [0.29, 0.717) is 12.6 Å². The predicted molar refractivity (Wildman–Crippen MR) is 104 cm³/mol. The van der Waals surface area contributed by atoms with Gasteiger partial charge in [-0.2, -0.15) is 18.4 Å². The van der Waals surface area contributed by atoms with Gasteiger partial charge in [0.25, 0.3) is 17.6 Å². The number of carbonyl (C=O) groups excluding carboxylic acids is 3. The Morgan fingerprint density at radius 1 is 1.22 bits per heavy atom. The molecule has 7 nitrogen and oxygen atoms in total. The third-order valence-electron chi connectivity index (χ3n) is 5.11. The summed E-state index contributed by atoms with van der Waals surface area (Å²) in [6, 6.07) is 3.99. The first-order valence-corrected chi connectivity index (χ1v) is 9.56. The normalized spacial score (nSPS) is 14.4. The molecular formula is C21H18F4N4O3. The van der Waals surface area contributed by atoms with Gasteiger partial charge in [-0.15, -0.1) is 0 Å². The highest BCUT2D eigenvalue weighted by Gasteiger charge is 2.39. The Morgan fingerprint density at radius 3 is 2.44 bits per heavy atom. The molecule has 1 saturated carbocycles. The number of ketones is 1. The summed E-state index contributed by atoms with van der Waals surface area (Å²) in [5.74, 6) is -4.35. The summed E-state index contributed by atoms with van der Waals surface area (Å²) in [5.41, 5.74) is -0.233. The lowest BCUT2D eigenvalue weighted by atomic mass is 10.1. The fraction of sp³-hybridized carbons (Fsp3) is 0.333. The van der Waals surface area contributed by atoms with E-state index in [2.05, 4.69) is 5.32 Å². The van der Waals surface area contributed by atoms with E-state index in [9.17, 15) is 31.9 Å². The molecule has 2 N–H and O–H groups in total. The van der Waals surface area contributed by atoms with Crippen molar-refractivity contribution in [1.29, 1.82) is 5.26 Å². The molecule has 2 aromatic rings. The fourth-order valence-corrected chi connectivity index (χ4v) is 3.19. The van der Waals surface area contributed by atoms with Crippen LogP contribution in [0.2, 0.25) is 0 Å². The fourth-order valence-electron chi connectivity index (χ4n) is 3.19. The van der Waals surface area contributed by atoms with Crippen molar-refractivity contribution in [3.05, 3.63) is 52.6 Å². The molecule has 0 spiro atoms. The van der Waals surface area contributed by atoms with Crippen LogP contribution in [0.3, 0.4) is 0 Å². The Balaban J connectivity index is 1.93. The number of hydrogen-bond donors (Lipinski definition) is 2. The molecule has 0 bridgehead atoms. The van der Waals surface area contributed by atoms with Gasteiger partial charge in [0, 0.05) is 18.4 Å². The highest BCUT2D eigenvalue weighted by atomic mass is 19.4. The van der Waals surface area contributed by atoms with E-state index in [1.54, 1.807) is 11.4 Å². The van der Waals surface area contributed by atoms with E-state index in [1.165, 1.54) is 23.7 Å². The summed E-state index contributed by atoms with van der Waals surface area (Å²) in [5, 5.41) is 13.0. The maximum absolute atomic E-state index is 13.5. The standard InChI is InChI=1S/C21H18F4N4O3/c1-10(21(23,24)25)27-20(32)18(30)14-8-16(11-3-4-11)29(2)17(14)19(31)28-13-5-6-15(22)12(7-13)9-26/h5-8,10-11H,3-4H2,1-2H3,(H,27,32)(H,28,31)/t10-/m1/s1. The van der Waals surface area contributed by atoms with E-state index in [0.717, 1.165) is 25.0 Å². The van der Waals surface area contributed by atoms with Gasteiger partial charge in [-0.3, -0.25) is 14.4 Å². The maximum atomic E-state index is 13.5. The number of aromatic nitrogens is 1. The molecule has 3 rings (SSSR count). The topological polar surface area (TPSA) is 104 Å². The summed E-state index contributed by atoms with van der Waals surface area (Å²) < 4.78 is 53.2. The maximum Gasteiger partial charge on any atom is 0.408 e. The summed E-state index contributed by atoms with van der Waals surface area (Å²) in [6.07, 6.45) is -3.15. The molecule has 0 aliphatic heterocycles. The summed E-state index contributed by atoms with van der Waals surface area (Å²) in [4.78, 5) is 37.8. The van der Waals surface area contributed by atoms with Crippen molar-refractivity contribution in [2.24, 2.45) is 7.05 Å². The highest BCUT2D eigenvalue weighted by Crippen LogP contribution is 2.41. The zero-order chi connectivity index (χ0) is 23.8. The van der Waals surface area contributed by atoms with Gasteiger partial charge in [0.1, 0.15) is 23.6 Å². The van der Waals surface area contributed by atoms with E-state index >= 15 is 0 Å². The predicted octanol–water partition coefficient (Wildman–Crippen LogP) is 3.42. The lowest BCUT2D eigenvalue weighted by Gasteiger charge is -2.16. The third kappa shape index (κ3) is 4.64. The van der Waals surface area contributed by atoms with Gasteiger partial charge in [-0.05, 0) is 49.9 Å². The number of nitriles is 1. The van der Waals surface area contributed by atoms with Crippen LogP contribution in [0.15, 0.2) is 24.3 Å². The molecule has 1 fully saturated rings. The number of halogens is 4. The quantitative estimate of drug-likeness (QED) is 0.400. The van der Waals surface area contributed by atoms with E-state index < -0.39 is 35.6 Å². The summed E-state index contributed by atoms with van der Waals surface area (Å²) in [7, 11) is 1.50. The van der Waals surface area contributed by atoms with Crippen LogP contribution in [0.25, 0.3) is 0 Å². The van der Waals surface area contributed by atoms with Crippen molar-refractivity contribution in [1.82, 2.24) is 9.88 Å². The first kappa shape index (κ1) is 23.0. The minimum Gasteiger partial charge on any atom is -0.343 e. The van der Waals surface area contributed by atoms with E-state index in [4.69, 9.17) is 5.26 Å². The van der Waals surface area contributed by atoms with Crippen molar-refractivity contribution in [2.75, 3.05) is 5.32 Å². The third-order valence-corrected chi connectivity index (χ3v) is 5.11. The van der Waals surface area contributed by atoms with Gasteiger partial charge < -0.3 is 15.2 Å². The van der Waals surface area contributed by atoms with Crippen LogP contribution in [0.5, 0.6) is 0 Å². The molecule has 11 heteroatoms. The zero-order valence-corrected chi connectivity index (χ0v) is 17.0. The number of Topliss-reactive ketones (excluding diaryl/α,β-unsaturated/α-hetero) is 1. The number of alkyl halides is 3. The molecule has 168 valence electrons. The first-order valence-electron chi connectivity index (χ1n) is 9.56. The van der Waals surface area contributed by atoms with Crippen LogP contribution in [-0.4, -0.2) is 34.4 Å². The van der Waals surface area contributed by atoms with Crippen LogP contribution in [-0.2, 0) is 11.8 Å². The van der Waals surface area contributed by atoms with E-state index in [-0.39, 0.29) is 28.4 Å². The molecule has 0 radical (unpaired) electrons. The van der Waals surface area contributed by atoms with Crippen LogP contribution >= 0.6 is 0 Å². The van der Waals surface area contributed by atoms with Crippen LogP contribution in [0.1, 0.15) is 57.8 Å². The van der Waals surface area contributed by atoms with Crippen LogP contribution in [0, 0.1) is 17.1 Å². The molecule has 1 atom stereocenters. The molecule has 1 aliphatic rings. The smallest absolute Gasteiger partial charge is 0.343 e. The molecule has 1 heterocycles. The Labute approximate surface area is 180 Å². The van der Waals surface area contributed by atoms with Gasteiger partial charge in [0.15, 0.2) is 0 Å². The highest BCUT2D eigenvalue weighted by molar-refractivity contribution is 6.44. The van der Waals surface area contributed by atoms with Crippen LogP contribution < -0.4 is 10.6 Å². The second-order valence-electron chi connectivity index (χ2n) is 7.49. The second-order valence-corrected chi connectivity index (χ2v) is 7.49. The Kier molecular flexibility index (Phi) is 6.07. The lowest BCUT2D eigenvalue weighted by Crippen LogP contribution is -2.46. The van der Waals surface area contributed by atoms with Gasteiger partial charge in [-0.1, -0.05) is 0 Å².